The van der Waals surface area contributed by atoms with Crippen molar-refractivity contribution in [3.05, 3.63) is 11.6 Å². The Morgan fingerprint density at radius 1 is 1.25 bits per heavy atom. The number of carboxylic acid groups (broad SMARTS) is 1. The van der Waals surface area contributed by atoms with Gasteiger partial charge in [0.1, 0.15) is 0 Å². The lowest BCUT2D eigenvalue weighted by Crippen LogP contribution is -2.63. The largest absolute Gasteiger partial charge is 0.481 e. The van der Waals surface area contributed by atoms with Crippen LogP contribution in [0.15, 0.2) is 11.6 Å². The molecule has 3 saturated carbocycles. The van der Waals surface area contributed by atoms with Crippen molar-refractivity contribution < 1.29 is 19.5 Å². The maximum Gasteiger partial charge on any atom is 0.307 e. The number of fused-ring (bicyclic) bond motifs is 5. The highest BCUT2D eigenvalue weighted by Gasteiger charge is 2.61. The molecule has 4 N–H and O–H groups in total. The van der Waals surface area contributed by atoms with Gasteiger partial charge in [-0.1, -0.05) is 20.3 Å². The first-order valence-corrected chi connectivity index (χ1v) is 10.7. The van der Waals surface area contributed by atoms with Crippen LogP contribution in [0.5, 0.6) is 0 Å². The van der Waals surface area contributed by atoms with Gasteiger partial charge in [0, 0.05) is 24.0 Å². The first-order chi connectivity index (χ1) is 13.1. The molecule has 0 spiro atoms. The normalized spacial score (nSPS) is 44.6. The molecule has 3 fully saturated rings. The Balaban J connectivity index is 1.78. The second-order valence-electron chi connectivity index (χ2n) is 10.1. The van der Waals surface area contributed by atoms with Crippen LogP contribution in [0.3, 0.4) is 0 Å². The number of rotatable bonds is 4. The van der Waals surface area contributed by atoms with E-state index in [1.165, 1.54) is 25.3 Å². The zero-order valence-electron chi connectivity index (χ0n) is 16.9. The van der Waals surface area contributed by atoms with Crippen LogP contribution in [0.4, 0.5) is 0 Å². The Morgan fingerprint density at radius 2 is 2.00 bits per heavy atom. The van der Waals surface area contributed by atoms with Gasteiger partial charge in [0.15, 0.2) is 0 Å². The van der Waals surface area contributed by atoms with Gasteiger partial charge in [0.05, 0.1) is 6.42 Å². The first-order valence-electron chi connectivity index (χ1n) is 10.7. The van der Waals surface area contributed by atoms with Gasteiger partial charge in [-0.25, -0.2) is 0 Å². The van der Waals surface area contributed by atoms with Crippen molar-refractivity contribution in [2.75, 3.05) is 0 Å². The monoisotopic (exact) mass is 388 g/mol. The van der Waals surface area contributed by atoms with Gasteiger partial charge >= 0.3 is 5.97 Å². The summed E-state index contributed by atoms with van der Waals surface area (Å²) in [5.74, 6) is -0.0270. The molecule has 6 nitrogen and oxygen atoms in total. The third-order valence-electron chi connectivity index (χ3n) is 8.81. The number of nitrogens with two attached hydrogens (primary N) is 1. The number of hydrogen-bond donors (Lipinski definition) is 3. The predicted molar refractivity (Wildman–Crippen MR) is 104 cm³/mol. The topological polar surface area (TPSA) is 109 Å². The van der Waals surface area contributed by atoms with Crippen LogP contribution in [0.25, 0.3) is 0 Å². The first kappa shape index (κ1) is 19.5. The lowest BCUT2D eigenvalue weighted by atomic mass is 9.44. The molecule has 4 rings (SSSR count). The van der Waals surface area contributed by atoms with Crippen molar-refractivity contribution in [2.45, 2.75) is 71.3 Å². The van der Waals surface area contributed by atoms with E-state index in [0.717, 1.165) is 18.4 Å². The molecule has 0 radical (unpaired) electrons. The lowest BCUT2D eigenvalue weighted by Gasteiger charge is -2.62. The fraction of sp³-hybridized carbons (Fsp3) is 0.773. The number of amides is 2. The van der Waals surface area contributed by atoms with E-state index in [1.807, 2.05) is 0 Å². The van der Waals surface area contributed by atoms with Crippen LogP contribution in [0, 0.1) is 34.5 Å². The molecule has 0 aromatic heterocycles. The number of hydrogen-bond acceptors (Lipinski definition) is 3. The second-order valence-corrected chi connectivity index (χ2v) is 10.1. The summed E-state index contributed by atoms with van der Waals surface area (Å²) in [5.41, 5.74) is 6.32. The minimum absolute atomic E-state index is 0.0912. The number of nitrogens with one attached hydrogen (secondary N) is 1. The lowest BCUT2D eigenvalue weighted by molar-refractivity contribution is -0.138. The molecule has 1 heterocycles. The molecule has 6 heteroatoms. The second kappa shape index (κ2) is 6.60. The molecular weight excluding hydrogens is 356 g/mol. The highest BCUT2D eigenvalue weighted by molar-refractivity contribution is 5.91. The third kappa shape index (κ3) is 2.87. The Labute approximate surface area is 166 Å². The van der Waals surface area contributed by atoms with Crippen molar-refractivity contribution in [1.82, 2.24) is 5.32 Å². The predicted octanol–water partition coefficient (Wildman–Crippen LogP) is 2.62. The number of primary amides is 1. The van der Waals surface area contributed by atoms with Crippen molar-refractivity contribution in [1.29, 1.82) is 0 Å². The summed E-state index contributed by atoms with van der Waals surface area (Å²) in [5, 5.41) is 12.6. The number of aliphatic carboxylic acids is 1. The zero-order chi connectivity index (χ0) is 20.3. The van der Waals surface area contributed by atoms with Gasteiger partial charge in [-0.3, -0.25) is 14.4 Å². The van der Waals surface area contributed by atoms with Gasteiger partial charge in [0.25, 0.3) is 0 Å². The van der Waals surface area contributed by atoms with Crippen molar-refractivity contribution in [3.8, 4) is 0 Å². The van der Waals surface area contributed by atoms with E-state index in [0.29, 0.717) is 30.1 Å². The Morgan fingerprint density at radius 3 is 2.68 bits per heavy atom. The van der Waals surface area contributed by atoms with E-state index in [2.05, 4.69) is 19.2 Å². The fourth-order valence-corrected chi connectivity index (χ4v) is 7.59. The molecule has 0 bridgehead atoms. The summed E-state index contributed by atoms with van der Waals surface area (Å²) in [6.07, 6.45) is 8.29. The molecule has 3 aliphatic carbocycles. The molecule has 0 aromatic rings. The van der Waals surface area contributed by atoms with E-state index in [9.17, 15) is 19.5 Å². The van der Waals surface area contributed by atoms with Gasteiger partial charge in [-0.05, 0) is 66.8 Å². The molecule has 28 heavy (non-hydrogen) atoms. The SMILES string of the molecule is C[C@@]12CCC[C@H]1[C@@H]1C(CC(N)=O)C[C@H]3NC(=O)C=C(CC(=O)O)[C@]3(C)[C@H]1CC2. The summed E-state index contributed by atoms with van der Waals surface area (Å²) in [6, 6.07) is -0.129. The minimum atomic E-state index is -0.891. The molecule has 0 aromatic carbocycles. The molecule has 4 aliphatic rings. The summed E-state index contributed by atoms with van der Waals surface area (Å²) < 4.78 is 0. The summed E-state index contributed by atoms with van der Waals surface area (Å²) >= 11 is 0. The van der Waals surface area contributed by atoms with Crippen molar-refractivity contribution >= 4 is 17.8 Å². The molecule has 2 amide bonds. The van der Waals surface area contributed by atoms with Crippen LogP contribution in [0.2, 0.25) is 0 Å². The highest BCUT2D eigenvalue weighted by atomic mass is 16.4. The van der Waals surface area contributed by atoms with E-state index >= 15 is 0 Å². The molecule has 1 aliphatic heterocycles. The van der Waals surface area contributed by atoms with E-state index in [1.54, 1.807) is 0 Å². The fourth-order valence-electron chi connectivity index (χ4n) is 7.59. The minimum Gasteiger partial charge on any atom is -0.481 e. The molecule has 7 atom stereocenters. The van der Waals surface area contributed by atoms with Crippen molar-refractivity contribution in [2.24, 2.45) is 40.2 Å². The third-order valence-corrected chi connectivity index (χ3v) is 8.81. The van der Waals surface area contributed by atoms with Crippen LogP contribution in [-0.4, -0.2) is 28.9 Å². The van der Waals surface area contributed by atoms with E-state index in [-0.39, 0.29) is 41.5 Å². The van der Waals surface area contributed by atoms with Crippen molar-refractivity contribution in [3.63, 3.8) is 0 Å². The summed E-state index contributed by atoms with van der Waals surface area (Å²) in [4.78, 5) is 35.7. The Bertz CT molecular complexity index is 747. The maximum absolute atomic E-state index is 12.3. The number of carbonyl (C=O) groups is 3. The Hall–Kier alpha value is -1.85. The average molecular weight is 389 g/mol. The van der Waals surface area contributed by atoms with Crippen LogP contribution >= 0.6 is 0 Å². The molecule has 1 unspecified atom stereocenters. The van der Waals surface area contributed by atoms with E-state index in [4.69, 9.17) is 5.73 Å². The summed E-state index contributed by atoms with van der Waals surface area (Å²) in [7, 11) is 0. The van der Waals surface area contributed by atoms with Crippen LogP contribution in [-0.2, 0) is 14.4 Å². The number of carboxylic acids is 1. The van der Waals surface area contributed by atoms with Crippen LogP contribution in [0.1, 0.15) is 65.2 Å². The average Bonchev–Trinajstić information content (AvgIpc) is 2.97. The Kier molecular flexibility index (Phi) is 4.59. The highest BCUT2D eigenvalue weighted by Crippen LogP contribution is 2.66. The maximum atomic E-state index is 12.3. The van der Waals surface area contributed by atoms with E-state index < -0.39 is 5.97 Å². The van der Waals surface area contributed by atoms with Crippen LogP contribution < -0.4 is 11.1 Å². The quantitative estimate of drug-likeness (QED) is 0.687. The summed E-state index contributed by atoms with van der Waals surface area (Å²) in [6.45, 7) is 4.55. The molecule has 0 saturated heterocycles. The molecule has 154 valence electrons. The zero-order valence-corrected chi connectivity index (χ0v) is 16.9. The number of carbonyl (C=O) groups excluding carboxylic acids is 2. The molecular formula is C22H32N2O4. The van der Waals surface area contributed by atoms with Gasteiger partial charge in [0.2, 0.25) is 11.8 Å². The standard InChI is InChI=1S/C22H32N2O4/c1-21-6-3-4-14(21)20-12(9-17(23)25)8-16-22(2,15(20)5-7-21)13(11-19(27)28)10-18(26)24-16/h10,12,14-16,20H,3-9,11H2,1-2H3,(H2,23,25)(H,24,26)(H,27,28)/t12?,14-,15-,16+,20-,21-,22+/m0/s1. The smallest absolute Gasteiger partial charge is 0.307 e. The van der Waals surface area contributed by atoms with Gasteiger partial charge < -0.3 is 16.2 Å². The van der Waals surface area contributed by atoms with Gasteiger partial charge in [-0.15, -0.1) is 0 Å². The van der Waals surface area contributed by atoms with Gasteiger partial charge in [-0.2, -0.15) is 0 Å².